The van der Waals surface area contributed by atoms with Gasteiger partial charge in [-0.25, -0.2) is 4.98 Å². The van der Waals surface area contributed by atoms with Crippen LogP contribution in [0.1, 0.15) is 24.1 Å². The van der Waals surface area contributed by atoms with Crippen LogP contribution in [0.3, 0.4) is 0 Å². The number of hydrogen-bond donors (Lipinski definition) is 1. The van der Waals surface area contributed by atoms with Gasteiger partial charge in [-0.1, -0.05) is 17.7 Å². The third-order valence-electron chi connectivity index (χ3n) is 3.15. The van der Waals surface area contributed by atoms with Crippen LogP contribution in [0.25, 0.3) is 11.3 Å². The molecule has 1 aromatic heterocycles. The summed E-state index contributed by atoms with van der Waals surface area (Å²) in [5.41, 5.74) is 2.97. The van der Waals surface area contributed by atoms with Crippen LogP contribution in [0.5, 0.6) is 0 Å². The van der Waals surface area contributed by atoms with E-state index in [-0.39, 0.29) is 0 Å². The Hall–Kier alpha value is -1.32. The summed E-state index contributed by atoms with van der Waals surface area (Å²) in [5.74, 6) is 0.771. The molecule has 3 rings (SSSR count). The largest absolute Gasteiger partial charge is 0.443 e. The monoisotopic (exact) mass is 262 g/mol. The number of benzene rings is 1. The van der Waals surface area contributed by atoms with Gasteiger partial charge in [0.05, 0.1) is 5.02 Å². The van der Waals surface area contributed by atoms with Gasteiger partial charge in [0.25, 0.3) is 0 Å². The number of oxazole rings is 1. The highest BCUT2D eigenvalue weighted by Gasteiger charge is 2.22. The summed E-state index contributed by atoms with van der Waals surface area (Å²) in [6, 6.07) is 6.61. The molecule has 18 heavy (non-hydrogen) atoms. The number of rotatable bonds is 4. The highest BCUT2D eigenvalue weighted by atomic mass is 35.5. The molecule has 0 aliphatic heterocycles. The first kappa shape index (κ1) is 11.8. The standard InChI is InChI=1S/C14H15ClN2O/c1-9-2-5-11(12(15)6-9)14-13(17-8-18-14)7-16-10-3-4-10/h2,5-6,8,10,16H,3-4,7H2,1H3. The molecule has 0 radical (unpaired) electrons. The van der Waals surface area contributed by atoms with E-state index in [2.05, 4.69) is 10.3 Å². The van der Waals surface area contributed by atoms with Crippen LogP contribution in [0.15, 0.2) is 29.0 Å². The van der Waals surface area contributed by atoms with E-state index in [0.717, 1.165) is 29.1 Å². The lowest BCUT2D eigenvalue weighted by atomic mass is 10.1. The molecule has 2 aromatic rings. The van der Waals surface area contributed by atoms with Crippen LogP contribution in [0, 0.1) is 6.92 Å². The van der Waals surface area contributed by atoms with Crippen molar-refractivity contribution in [3.05, 3.63) is 40.9 Å². The number of nitrogens with one attached hydrogen (secondary N) is 1. The van der Waals surface area contributed by atoms with Gasteiger partial charge in [0.1, 0.15) is 5.69 Å². The van der Waals surface area contributed by atoms with Gasteiger partial charge in [0.15, 0.2) is 12.2 Å². The minimum absolute atomic E-state index is 0.656. The fraction of sp³-hybridized carbons (Fsp3) is 0.357. The lowest BCUT2D eigenvalue weighted by molar-refractivity contribution is 0.569. The predicted molar refractivity (Wildman–Crippen MR) is 71.5 cm³/mol. The molecule has 0 saturated heterocycles. The average molecular weight is 263 g/mol. The van der Waals surface area contributed by atoms with Crippen molar-refractivity contribution >= 4 is 11.6 Å². The fourth-order valence-electron chi connectivity index (χ4n) is 1.95. The van der Waals surface area contributed by atoms with Crippen molar-refractivity contribution in [3.63, 3.8) is 0 Å². The van der Waals surface area contributed by atoms with Crippen molar-refractivity contribution < 1.29 is 4.42 Å². The number of aryl methyl sites for hydroxylation is 1. The van der Waals surface area contributed by atoms with Gasteiger partial charge in [0, 0.05) is 18.2 Å². The summed E-state index contributed by atoms with van der Waals surface area (Å²) in [5, 5.41) is 4.14. The fourth-order valence-corrected chi connectivity index (χ4v) is 2.27. The SMILES string of the molecule is Cc1ccc(-c2ocnc2CNC2CC2)c(Cl)c1. The van der Waals surface area contributed by atoms with E-state index in [9.17, 15) is 0 Å². The maximum atomic E-state index is 6.26. The van der Waals surface area contributed by atoms with Crippen LogP contribution < -0.4 is 5.32 Å². The average Bonchev–Trinajstić information content (AvgIpc) is 3.06. The third kappa shape index (κ3) is 2.42. The van der Waals surface area contributed by atoms with Crippen LogP contribution >= 0.6 is 11.6 Å². The summed E-state index contributed by atoms with van der Waals surface area (Å²) in [7, 11) is 0. The van der Waals surface area contributed by atoms with E-state index in [1.54, 1.807) is 0 Å². The Morgan fingerprint density at radius 1 is 1.44 bits per heavy atom. The van der Waals surface area contributed by atoms with E-state index < -0.39 is 0 Å². The molecular formula is C14H15ClN2O. The Kier molecular flexibility index (Phi) is 3.10. The number of hydrogen-bond acceptors (Lipinski definition) is 3. The quantitative estimate of drug-likeness (QED) is 0.916. The number of aromatic nitrogens is 1. The third-order valence-corrected chi connectivity index (χ3v) is 3.46. The van der Waals surface area contributed by atoms with Gasteiger partial charge in [-0.15, -0.1) is 0 Å². The summed E-state index contributed by atoms with van der Waals surface area (Å²) in [6.45, 7) is 2.76. The van der Waals surface area contributed by atoms with Crippen LogP contribution in [-0.2, 0) is 6.54 Å². The first-order valence-corrected chi connectivity index (χ1v) is 6.54. The van der Waals surface area contributed by atoms with Crippen molar-refractivity contribution in [1.29, 1.82) is 0 Å². The topological polar surface area (TPSA) is 38.1 Å². The zero-order valence-electron chi connectivity index (χ0n) is 10.2. The highest BCUT2D eigenvalue weighted by molar-refractivity contribution is 6.33. The smallest absolute Gasteiger partial charge is 0.181 e. The van der Waals surface area contributed by atoms with E-state index in [4.69, 9.17) is 16.0 Å². The molecule has 1 aliphatic carbocycles. The summed E-state index contributed by atoms with van der Waals surface area (Å²) < 4.78 is 5.49. The lowest BCUT2D eigenvalue weighted by Crippen LogP contribution is -2.16. The Morgan fingerprint density at radius 3 is 3.00 bits per heavy atom. The molecule has 1 saturated carbocycles. The zero-order valence-corrected chi connectivity index (χ0v) is 11.0. The molecule has 0 atom stereocenters. The van der Waals surface area contributed by atoms with E-state index in [0.29, 0.717) is 11.1 Å². The first-order chi connectivity index (χ1) is 8.74. The van der Waals surface area contributed by atoms with Crippen molar-refractivity contribution in [2.75, 3.05) is 0 Å². The summed E-state index contributed by atoms with van der Waals surface area (Å²) in [4.78, 5) is 4.27. The second kappa shape index (κ2) is 4.75. The molecule has 1 heterocycles. The molecule has 3 nitrogen and oxygen atoms in total. The molecule has 1 aliphatic rings. The minimum atomic E-state index is 0.656. The molecule has 0 spiro atoms. The Balaban J connectivity index is 1.88. The molecular weight excluding hydrogens is 248 g/mol. The molecule has 0 unspecified atom stereocenters. The minimum Gasteiger partial charge on any atom is -0.443 e. The Bertz CT molecular complexity index is 561. The molecule has 1 fully saturated rings. The second-order valence-electron chi connectivity index (χ2n) is 4.77. The normalized spacial score (nSPS) is 15.0. The molecule has 1 N–H and O–H groups in total. The van der Waals surface area contributed by atoms with E-state index in [1.807, 2.05) is 25.1 Å². The van der Waals surface area contributed by atoms with E-state index in [1.165, 1.54) is 19.2 Å². The maximum Gasteiger partial charge on any atom is 0.181 e. The number of halogens is 1. The first-order valence-electron chi connectivity index (χ1n) is 6.16. The summed E-state index contributed by atoms with van der Waals surface area (Å²) in [6.07, 6.45) is 4.01. The van der Waals surface area contributed by atoms with Crippen molar-refractivity contribution in [2.45, 2.75) is 32.4 Å². The van der Waals surface area contributed by atoms with Gasteiger partial charge in [0.2, 0.25) is 0 Å². The predicted octanol–water partition coefficient (Wildman–Crippen LogP) is 3.56. The van der Waals surface area contributed by atoms with Gasteiger partial charge in [-0.05, 0) is 37.5 Å². The van der Waals surface area contributed by atoms with Gasteiger partial charge in [-0.2, -0.15) is 0 Å². The zero-order chi connectivity index (χ0) is 12.5. The van der Waals surface area contributed by atoms with Gasteiger partial charge in [-0.3, -0.25) is 0 Å². The molecule has 1 aromatic carbocycles. The molecule has 94 valence electrons. The molecule has 0 amide bonds. The lowest BCUT2D eigenvalue weighted by Gasteiger charge is -2.05. The second-order valence-corrected chi connectivity index (χ2v) is 5.17. The Morgan fingerprint density at radius 2 is 2.28 bits per heavy atom. The van der Waals surface area contributed by atoms with Crippen LogP contribution in [0.4, 0.5) is 0 Å². The van der Waals surface area contributed by atoms with Crippen molar-refractivity contribution in [2.24, 2.45) is 0 Å². The number of nitrogens with zero attached hydrogens (tertiary/aromatic N) is 1. The molecule has 4 heteroatoms. The van der Waals surface area contributed by atoms with Crippen molar-refractivity contribution in [3.8, 4) is 11.3 Å². The van der Waals surface area contributed by atoms with Crippen molar-refractivity contribution in [1.82, 2.24) is 10.3 Å². The molecule has 0 bridgehead atoms. The summed E-state index contributed by atoms with van der Waals surface area (Å²) >= 11 is 6.26. The Labute approximate surface area is 111 Å². The van der Waals surface area contributed by atoms with E-state index >= 15 is 0 Å². The van der Waals surface area contributed by atoms with Crippen LogP contribution in [0.2, 0.25) is 5.02 Å². The van der Waals surface area contributed by atoms with Gasteiger partial charge < -0.3 is 9.73 Å². The van der Waals surface area contributed by atoms with Gasteiger partial charge >= 0.3 is 0 Å². The highest BCUT2D eigenvalue weighted by Crippen LogP contribution is 2.31. The maximum absolute atomic E-state index is 6.26. The van der Waals surface area contributed by atoms with Crippen LogP contribution in [-0.4, -0.2) is 11.0 Å².